The van der Waals surface area contributed by atoms with Crippen LogP contribution in [0.15, 0.2) is 24.3 Å². The van der Waals surface area contributed by atoms with Gasteiger partial charge in [-0.05, 0) is 25.1 Å². The van der Waals surface area contributed by atoms with Gasteiger partial charge < -0.3 is 11.1 Å². The molecular formula is C14H23N3O. The molecule has 3 N–H and O–H groups in total. The van der Waals surface area contributed by atoms with E-state index in [1.165, 1.54) is 11.1 Å². The molecule has 0 fully saturated rings. The summed E-state index contributed by atoms with van der Waals surface area (Å²) in [6, 6.07) is 8.35. The summed E-state index contributed by atoms with van der Waals surface area (Å²) < 4.78 is 0. The second kappa shape index (κ2) is 7.13. The van der Waals surface area contributed by atoms with E-state index in [1.54, 1.807) is 7.05 Å². The van der Waals surface area contributed by atoms with Gasteiger partial charge in [0.1, 0.15) is 0 Å². The fraction of sp³-hybridized carbons (Fsp3) is 0.500. The molecule has 4 heteroatoms. The van der Waals surface area contributed by atoms with Crippen molar-refractivity contribution in [1.29, 1.82) is 0 Å². The standard InChI is InChI=1S/C14H23N3O/c1-11-6-4-5-7-12(11)10-17(3)13(9-15)8-14(18)16-2/h4-7,13H,8-10,15H2,1-3H3,(H,16,18). The molecule has 1 rings (SSSR count). The summed E-state index contributed by atoms with van der Waals surface area (Å²) in [5.74, 6) is 0.0297. The predicted octanol–water partition coefficient (Wildman–Crippen LogP) is 0.890. The Morgan fingerprint density at radius 2 is 2.11 bits per heavy atom. The molecule has 18 heavy (non-hydrogen) atoms. The number of nitrogens with two attached hydrogens (primary N) is 1. The first kappa shape index (κ1) is 14.7. The summed E-state index contributed by atoms with van der Waals surface area (Å²) in [6.45, 7) is 3.39. The molecule has 1 aromatic rings. The molecule has 1 unspecified atom stereocenters. The molecule has 0 aromatic heterocycles. The van der Waals surface area contributed by atoms with E-state index in [-0.39, 0.29) is 11.9 Å². The molecule has 1 amide bonds. The lowest BCUT2D eigenvalue weighted by atomic mass is 10.1. The van der Waals surface area contributed by atoms with Crippen LogP contribution in [0.25, 0.3) is 0 Å². The largest absolute Gasteiger partial charge is 0.359 e. The third-order valence-electron chi connectivity index (χ3n) is 3.28. The Morgan fingerprint density at radius 3 is 2.67 bits per heavy atom. The van der Waals surface area contributed by atoms with Crippen molar-refractivity contribution in [3.05, 3.63) is 35.4 Å². The van der Waals surface area contributed by atoms with E-state index < -0.39 is 0 Å². The van der Waals surface area contributed by atoms with Crippen LogP contribution >= 0.6 is 0 Å². The highest BCUT2D eigenvalue weighted by molar-refractivity contribution is 5.76. The Hall–Kier alpha value is -1.39. The summed E-state index contributed by atoms with van der Waals surface area (Å²) in [6.07, 6.45) is 0.440. The van der Waals surface area contributed by atoms with Gasteiger partial charge in [-0.15, -0.1) is 0 Å². The van der Waals surface area contributed by atoms with Crippen LogP contribution in [0.3, 0.4) is 0 Å². The van der Waals surface area contributed by atoms with E-state index in [2.05, 4.69) is 29.3 Å². The number of aryl methyl sites for hydroxylation is 1. The highest BCUT2D eigenvalue weighted by Crippen LogP contribution is 2.12. The summed E-state index contributed by atoms with van der Waals surface area (Å²) in [4.78, 5) is 13.5. The van der Waals surface area contributed by atoms with Gasteiger partial charge in [-0.3, -0.25) is 9.69 Å². The fourth-order valence-corrected chi connectivity index (χ4v) is 1.92. The summed E-state index contributed by atoms with van der Waals surface area (Å²) in [5.41, 5.74) is 8.28. The third-order valence-corrected chi connectivity index (χ3v) is 3.28. The minimum absolute atomic E-state index is 0.0297. The molecule has 4 nitrogen and oxygen atoms in total. The lowest BCUT2D eigenvalue weighted by Crippen LogP contribution is -2.41. The monoisotopic (exact) mass is 249 g/mol. The maximum Gasteiger partial charge on any atom is 0.221 e. The van der Waals surface area contributed by atoms with Crippen molar-refractivity contribution in [2.45, 2.75) is 25.9 Å². The highest BCUT2D eigenvalue weighted by Gasteiger charge is 2.17. The number of likely N-dealkylation sites (N-methyl/N-ethyl adjacent to an activating group) is 1. The van der Waals surface area contributed by atoms with Gasteiger partial charge in [-0.2, -0.15) is 0 Å². The van der Waals surface area contributed by atoms with Gasteiger partial charge in [-0.25, -0.2) is 0 Å². The maximum atomic E-state index is 11.4. The first-order valence-electron chi connectivity index (χ1n) is 6.23. The molecule has 0 radical (unpaired) electrons. The van der Waals surface area contributed by atoms with Crippen molar-refractivity contribution in [3.63, 3.8) is 0 Å². The highest BCUT2D eigenvalue weighted by atomic mass is 16.1. The second-order valence-electron chi connectivity index (χ2n) is 4.61. The molecular weight excluding hydrogens is 226 g/mol. The Balaban J connectivity index is 2.65. The van der Waals surface area contributed by atoms with Crippen LogP contribution in [-0.4, -0.2) is 37.5 Å². The Morgan fingerprint density at radius 1 is 1.44 bits per heavy atom. The molecule has 0 bridgehead atoms. The van der Waals surface area contributed by atoms with E-state index in [9.17, 15) is 4.79 Å². The van der Waals surface area contributed by atoms with Crippen molar-refractivity contribution in [2.75, 3.05) is 20.6 Å². The van der Waals surface area contributed by atoms with Gasteiger partial charge in [0.05, 0.1) is 0 Å². The zero-order valence-corrected chi connectivity index (χ0v) is 11.4. The van der Waals surface area contributed by atoms with Crippen LogP contribution in [-0.2, 0) is 11.3 Å². The number of hydrogen-bond donors (Lipinski definition) is 2. The topological polar surface area (TPSA) is 58.4 Å². The zero-order valence-electron chi connectivity index (χ0n) is 11.4. The second-order valence-corrected chi connectivity index (χ2v) is 4.61. The normalized spacial score (nSPS) is 12.5. The summed E-state index contributed by atoms with van der Waals surface area (Å²) in [5, 5.41) is 2.64. The number of carbonyl (C=O) groups is 1. The minimum atomic E-state index is 0.0297. The van der Waals surface area contributed by atoms with Crippen LogP contribution < -0.4 is 11.1 Å². The van der Waals surface area contributed by atoms with E-state index in [4.69, 9.17) is 5.73 Å². The molecule has 0 heterocycles. The summed E-state index contributed by atoms with van der Waals surface area (Å²) in [7, 11) is 3.66. The first-order valence-corrected chi connectivity index (χ1v) is 6.23. The minimum Gasteiger partial charge on any atom is -0.359 e. The first-order chi connectivity index (χ1) is 8.58. The molecule has 0 aliphatic rings. The van der Waals surface area contributed by atoms with Crippen molar-refractivity contribution < 1.29 is 4.79 Å². The van der Waals surface area contributed by atoms with Gasteiger partial charge in [0.25, 0.3) is 0 Å². The molecule has 0 aliphatic carbocycles. The Labute approximate surface area is 109 Å². The molecule has 1 aromatic carbocycles. The average molecular weight is 249 g/mol. The fourth-order valence-electron chi connectivity index (χ4n) is 1.92. The smallest absolute Gasteiger partial charge is 0.221 e. The van der Waals surface area contributed by atoms with Crippen LogP contribution in [0.5, 0.6) is 0 Å². The summed E-state index contributed by atoms with van der Waals surface area (Å²) >= 11 is 0. The number of carbonyl (C=O) groups excluding carboxylic acids is 1. The number of benzene rings is 1. The van der Waals surface area contributed by atoms with E-state index >= 15 is 0 Å². The molecule has 100 valence electrons. The van der Waals surface area contributed by atoms with Crippen LogP contribution in [0.2, 0.25) is 0 Å². The Bertz CT molecular complexity index is 392. The van der Waals surface area contributed by atoms with Crippen molar-refractivity contribution in [1.82, 2.24) is 10.2 Å². The SMILES string of the molecule is CNC(=O)CC(CN)N(C)Cc1ccccc1C. The lowest BCUT2D eigenvalue weighted by Gasteiger charge is -2.27. The van der Waals surface area contributed by atoms with Gasteiger partial charge in [0.15, 0.2) is 0 Å². The molecule has 0 saturated heterocycles. The number of rotatable bonds is 6. The van der Waals surface area contributed by atoms with Crippen molar-refractivity contribution in [2.24, 2.45) is 5.73 Å². The predicted molar refractivity (Wildman–Crippen MR) is 74.2 cm³/mol. The molecule has 0 saturated carbocycles. The molecule has 1 atom stereocenters. The van der Waals surface area contributed by atoms with E-state index in [1.807, 2.05) is 19.2 Å². The molecule has 0 aliphatic heterocycles. The quantitative estimate of drug-likeness (QED) is 0.787. The maximum absolute atomic E-state index is 11.4. The van der Waals surface area contributed by atoms with Crippen molar-refractivity contribution in [3.8, 4) is 0 Å². The van der Waals surface area contributed by atoms with Crippen LogP contribution in [0.4, 0.5) is 0 Å². The molecule has 0 spiro atoms. The third kappa shape index (κ3) is 4.13. The lowest BCUT2D eigenvalue weighted by molar-refractivity contribution is -0.121. The van der Waals surface area contributed by atoms with Gasteiger partial charge in [0, 0.05) is 32.6 Å². The Kier molecular flexibility index (Phi) is 5.82. The number of amides is 1. The number of nitrogens with zero attached hydrogens (tertiary/aromatic N) is 1. The van der Waals surface area contributed by atoms with Gasteiger partial charge in [-0.1, -0.05) is 24.3 Å². The number of nitrogens with one attached hydrogen (secondary N) is 1. The van der Waals surface area contributed by atoms with Crippen molar-refractivity contribution >= 4 is 5.91 Å². The zero-order chi connectivity index (χ0) is 13.5. The average Bonchev–Trinajstić information content (AvgIpc) is 2.38. The van der Waals surface area contributed by atoms with Crippen LogP contribution in [0, 0.1) is 6.92 Å². The van der Waals surface area contributed by atoms with Crippen LogP contribution in [0.1, 0.15) is 17.5 Å². The number of hydrogen-bond acceptors (Lipinski definition) is 3. The van der Waals surface area contributed by atoms with E-state index in [0.29, 0.717) is 13.0 Å². The van der Waals surface area contributed by atoms with Gasteiger partial charge >= 0.3 is 0 Å². The van der Waals surface area contributed by atoms with Gasteiger partial charge in [0.2, 0.25) is 5.91 Å². The van der Waals surface area contributed by atoms with E-state index in [0.717, 1.165) is 6.54 Å².